The van der Waals surface area contributed by atoms with E-state index in [4.69, 9.17) is 5.73 Å². The van der Waals surface area contributed by atoms with E-state index in [-0.39, 0.29) is 17.5 Å². The molecule has 0 spiro atoms. The van der Waals surface area contributed by atoms with E-state index in [9.17, 15) is 10.1 Å². The van der Waals surface area contributed by atoms with Gasteiger partial charge in [0.15, 0.2) is 0 Å². The number of hydrogen-bond donors (Lipinski definition) is 1. The SMILES string of the molecule is CC(C)(CN1CCCCC1N)n1cnc([N+](=O)[O-])c1. The molecule has 7 heteroatoms. The molecule has 1 aliphatic rings. The van der Waals surface area contributed by atoms with Crippen molar-refractivity contribution in [3.8, 4) is 0 Å². The standard InChI is InChI=1S/C12H21N5O2/c1-12(2,8-15-6-4-3-5-10(15)13)16-7-11(14-9-16)17(18)19/h7,9-10H,3-6,8,13H2,1-2H3. The Kier molecular flexibility index (Phi) is 3.86. The third-order valence-corrected chi connectivity index (χ3v) is 3.71. The molecule has 1 aromatic rings. The molecule has 106 valence electrons. The van der Waals surface area contributed by atoms with Gasteiger partial charge in [0.2, 0.25) is 6.33 Å². The minimum absolute atomic E-state index is 0.0894. The van der Waals surface area contributed by atoms with E-state index in [2.05, 4.69) is 9.88 Å². The second-order valence-corrected chi connectivity index (χ2v) is 5.74. The molecular formula is C12H21N5O2. The maximum atomic E-state index is 10.7. The summed E-state index contributed by atoms with van der Waals surface area (Å²) in [6.45, 7) is 5.84. The van der Waals surface area contributed by atoms with Crippen LogP contribution in [0.4, 0.5) is 5.82 Å². The smallest absolute Gasteiger partial charge is 0.358 e. The number of hydrogen-bond acceptors (Lipinski definition) is 5. The average Bonchev–Trinajstić information content (AvgIpc) is 2.82. The number of piperidine rings is 1. The van der Waals surface area contributed by atoms with Gasteiger partial charge in [-0.25, -0.2) is 0 Å². The van der Waals surface area contributed by atoms with Gasteiger partial charge in [0.1, 0.15) is 6.20 Å². The van der Waals surface area contributed by atoms with Crippen LogP contribution in [0.1, 0.15) is 33.1 Å². The van der Waals surface area contributed by atoms with Gasteiger partial charge in [0.05, 0.1) is 11.7 Å². The molecule has 1 aromatic heterocycles. The van der Waals surface area contributed by atoms with E-state index in [0.717, 1.165) is 25.9 Å². The van der Waals surface area contributed by atoms with Crippen LogP contribution in [0.2, 0.25) is 0 Å². The molecule has 19 heavy (non-hydrogen) atoms. The lowest BCUT2D eigenvalue weighted by Crippen LogP contribution is -2.51. The largest absolute Gasteiger partial charge is 0.381 e. The second-order valence-electron chi connectivity index (χ2n) is 5.74. The van der Waals surface area contributed by atoms with Crippen molar-refractivity contribution >= 4 is 5.82 Å². The van der Waals surface area contributed by atoms with Crippen LogP contribution in [0, 0.1) is 10.1 Å². The van der Waals surface area contributed by atoms with E-state index in [1.807, 2.05) is 13.8 Å². The van der Waals surface area contributed by atoms with Gasteiger partial charge in [0, 0.05) is 6.54 Å². The van der Waals surface area contributed by atoms with Crippen LogP contribution in [0.5, 0.6) is 0 Å². The molecule has 0 aliphatic carbocycles. The molecule has 1 unspecified atom stereocenters. The molecule has 0 bridgehead atoms. The molecule has 0 radical (unpaired) electrons. The third-order valence-electron chi connectivity index (χ3n) is 3.71. The summed E-state index contributed by atoms with van der Waals surface area (Å²) >= 11 is 0. The zero-order valence-corrected chi connectivity index (χ0v) is 11.5. The Morgan fingerprint density at radius 1 is 1.58 bits per heavy atom. The van der Waals surface area contributed by atoms with Gasteiger partial charge in [-0.15, -0.1) is 0 Å². The first-order chi connectivity index (χ1) is 8.90. The fraction of sp³-hybridized carbons (Fsp3) is 0.750. The molecule has 1 atom stereocenters. The summed E-state index contributed by atoms with van der Waals surface area (Å²) in [6.07, 6.45) is 6.44. The van der Waals surface area contributed by atoms with Crippen molar-refractivity contribution in [1.29, 1.82) is 0 Å². The van der Waals surface area contributed by atoms with Crippen molar-refractivity contribution in [2.45, 2.75) is 44.8 Å². The average molecular weight is 267 g/mol. The summed E-state index contributed by atoms with van der Waals surface area (Å²) in [7, 11) is 0. The lowest BCUT2D eigenvalue weighted by Gasteiger charge is -2.39. The molecule has 0 amide bonds. The van der Waals surface area contributed by atoms with Crippen molar-refractivity contribution < 1.29 is 4.92 Å². The van der Waals surface area contributed by atoms with Crippen molar-refractivity contribution in [2.75, 3.05) is 13.1 Å². The maximum absolute atomic E-state index is 10.7. The highest BCUT2D eigenvalue weighted by Gasteiger charge is 2.29. The highest BCUT2D eigenvalue weighted by molar-refractivity contribution is 5.14. The Balaban J connectivity index is 2.09. The fourth-order valence-electron chi connectivity index (χ4n) is 2.53. The van der Waals surface area contributed by atoms with Crippen LogP contribution in [0.3, 0.4) is 0 Å². The zero-order valence-electron chi connectivity index (χ0n) is 11.5. The van der Waals surface area contributed by atoms with E-state index in [1.165, 1.54) is 18.9 Å². The first-order valence-corrected chi connectivity index (χ1v) is 6.59. The van der Waals surface area contributed by atoms with E-state index in [0.29, 0.717) is 0 Å². The lowest BCUT2D eigenvalue weighted by molar-refractivity contribution is -0.389. The Morgan fingerprint density at radius 3 is 2.89 bits per heavy atom. The van der Waals surface area contributed by atoms with E-state index < -0.39 is 4.92 Å². The second kappa shape index (κ2) is 5.26. The van der Waals surface area contributed by atoms with Crippen molar-refractivity contribution in [2.24, 2.45) is 5.73 Å². The van der Waals surface area contributed by atoms with Gasteiger partial charge in [-0.1, -0.05) is 0 Å². The van der Waals surface area contributed by atoms with E-state index >= 15 is 0 Å². The molecule has 7 nitrogen and oxygen atoms in total. The van der Waals surface area contributed by atoms with Crippen LogP contribution in [-0.4, -0.2) is 38.6 Å². The number of rotatable bonds is 4. The number of nitro groups is 1. The molecule has 1 fully saturated rings. The summed E-state index contributed by atoms with van der Waals surface area (Å²) in [5.41, 5.74) is 5.84. The van der Waals surface area contributed by atoms with Crippen LogP contribution in [0.15, 0.2) is 12.5 Å². The predicted octanol–water partition coefficient (Wildman–Crippen LogP) is 1.30. The fourth-order valence-corrected chi connectivity index (χ4v) is 2.53. The third kappa shape index (κ3) is 3.10. The summed E-state index contributed by atoms with van der Waals surface area (Å²) in [6, 6.07) is 0. The molecule has 2 heterocycles. The molecule has 0 saturated carbocycles. The van der Waals surface area contributed by atoms with E-state index in [1.54, 1.807) is 4.57 Å². The number of aromatic nitrogens is 2. The van der Waals surface area contributed by atoms with Gasteiger partial charge < -0.3 is 20.4 Å². The van der Waals surface area contributed by atoms with Crippen molar-refractivity contribution in [1.82, 2.24) is 14.5 Å². The minimum Gasteiger partial charge on any atom is -0.358 e. The Labute approximate surface area is 112 Å². The molecular weight excluding hydrogens is 246 g/mol. The summed E-state index contributed by atoms with van der Waals surface area (Å²) in [5, 5.41) is 10.7. The predicted molar refractivity (Wildman–Crippen MR) is 71.6 cm³/mol. The Morgan fingerprint density at radius 2 is 2.32 bits per heavy atom. The first kappa shape index (κ1) is 14.0. The van der Waals surface area contributed by atoms with Gasteiger partial charge in [-0.05, 0) is 49.6 Å². The number of nitrogens with zero attached hydrogens (tertiary/aromatic N) is 4. The van der Waals surface area contributed by atoms with Crippen LogP contribution in [0.25, 0.3) is 0 Å². The topological polar surface area (TPSA) is 90.2 Å². The molecule has 1 saturated heterocycles. The van der Waals surface area contributed by atoms with Crippen molar-refractivity contribution in [3.63, 3.8) is 0 Å². The highest BCUT2D eigenvalue weighted by Crippen LogP contribution is 2.23. The molecule has 2 rings (SSSR count). The molecule has 1 aliphatic heterocycles. The van der Waals surface area contributed by atoms with Gasteiger partial charge >= 0.3 is 5.82 Å². The molecule has 0 aromatic carbocycles. The Hall–Kier alpha value is -1.47. The van der Waals surface area contributed by atoms with Crippen LogP contribution < -0.4 is 5.73 Å². The normalized spacial score (nSPS) is 21.5. The monoisotopic (exact) mass is 267 g/mol. The molecule has 2 N–H and O–H groups in total. The number of likely N-dealkylation sites (tertiary alicyclic amines) is 1. The summed E-state index contributed by atoms with van der Waals surface area (Å²) < 4.78 is 1.80. The summed E-state index contributed by atoms with van der Waals surface area (Å²) in [4.78, 5) is 16.3. The van der Waals surface area contributed by atoms with Gasteiger partial charge in [0.25, 0.3) is 0 Å². The van der Waals surface area contributed by atoms with Crippen molar-refractivity contribution in [3.05, 3.63) is 22.6 Å². The minimum atomic E-state index is -0.473. The number of imidazole rings is 1. The Bertz CT molecular complexity index is 457. The number of nitrogens with two attached hydrogens (primary N) is 1. The highest BCUT2D eigenvalue weighted by atomic mass is 16.6. The quantitative estimate of drug-likeness (QED) is 0.656. The maximum Gasteiger partial charge on any atom is 0.381 e. The summed E-state index contributed by atoms with van der Waals surface area (Å²) in [5.74, 6) is -0.115. The lowest BCUT2D eigenvalue weighted by atomic mass is 10.0. The van der Waals surface area contributed by atoms with Gasteiger partial charge in [-0.3, -0.25) is 4.90 Å². The van der Waals surface area contributed by atoms with Crippen LogP contribution in [-0.2, 0) is 5.54 Å². The first-order valence-electron chi connectivity index (χ1n) is 6.59. The van der Waals surface area contributed by atoms with Gasteiger partial charge in [-0.2, -0.15) is 0 Å². The zero-order chi connectivity index (χ0) is 14.0. The van der Waals surface area contributed by atoms with Crippen LogP contribution >= 0.6 is 0 Å².